The fourth-order valence-corrected chi connectivity index (χ4v) is 3.12. The molecule has 3 rings (SSSR count). The summed E-state index contributed by atoms with van der Waals surface area (Å²) < 4.78 is 14.4. The predicted molar refractivity (Wildman–Crippen MR) is 81.9 cm³/mol. The summed E-state index contributed by atoms with van der Waals surface area (Å²) in [5.74, 6) is -0.495. The second kappa shape index (κ2) is 5.61. The van der Waals surface area contributed by atoms with Crippen molar-refractivity contribution in [2.45, 2.75) is 13.0 Å². The van der Waals surface area contributed by atoms with Gasteiger partial charge in [0.05, 0.1) is 10.9 Å². The average Bonchev–Trinajstić information content (AvgIpc) is 2.94. The Morgan fingerprint density at radius 1 is 1.29 bits per heavy atom. The van der Waals surface area contributed by atoms with E-state index < -0.39 is 0 Å². The molecule has 2 heterocycles. The number of fused-ring (bicyclic) bond motifs is 1. The Balaban J connectivity index is 1.82. The predicted octanol–water partition coefficient (Wildman–Crippen LogP) is 3.93. The fraction of sp³-hybridized carbons (Fsp3) is 0.125. The maximum Gasteiger partial charge on any atom is 0.261 e. The van der Waals surface area contributed by atoms with Crippen LogP contribution in [0, 0.1) is 5.82 Å². The van der Waals surface area contributed by atoms with E-state index in [1.165, 1.54) is 17.4 Å². The fourth-order valence-electron chi connectivity index (χ4n) is 2.14. The van der Waals surface area contributed by atoms with Crippen molar-refractivity contribution in [1.82, 2.24) is 10.3 Å². The number of carbonyl (C=O) groups is 1. The van der Waals surface area contributed by atoms with Crippen LogP contribution in [0.15, 0.2) is 48.8 Å². The van der Waals surface area contributed by atoms with Crippen molar-refractivity contribution in [3.05, 3.63) is 65.0 Å². The van der Waals surface area contributed by atoms with Gasteiger partial charge < -0.3 is 5.32 Å². The summed E-state index contributed by atoms with van der Waals surface area (Å²) in [6.45, 7) is 1.90. The summed E-state index contributed by atoms with van der Waals surface area (Å²) in [6.07, 6.45) is 3.37. The third-order valence-corrected chi connectivity index (χ3v) is 4.38. The van der Waals surface area contributed by atoms with Crippen molar-refractivity contribution in [3.63, 3.8) is 0 Å². The van der Waals surface area contributed by atoms with Gasteiger partial charge in [-0.2, -0.15) is 0 Å². The van der Waals surface area contributed by atoms with Crippen LogP contribution in [0.1, 0.15) is 28.2 Å². The highest BCUT2D eigenvalue weighted by Gasteiger charge is 2.15. The Morgan fingerprint density at radius 2 is 2.05 bits per heavy atom. The molecule has 1 N–H and O–H groups in total. The average molecular weight is 300 g/mol. The zero-order chi connectivity index (χ0) is 14.8. The minimum atomic E-state index is -0.301. The van der Waals surface area contributed by atoms with Crippen molar-refractivity contribution in [2.75, 3.05) is 0 Å². The Morgan fingerprint density at radius 3 is 2.76 bits per heavy atom. The monoisotopic (exact) mass is 300 g/mol. The molecule has 0 bridgehead atoms. The number of nitrogens with one attached hydrogen (secondary N) is 1. The highest BCUT2D eigenvalue weighted by molar-refractivity contribution is 7.20. The van der Waals surface area contributed by atoms with Crippen LogP contribution in [-0.4, -0.2) is 10.9 Å². The van der Waals surface area contributed by atoms with Gasteiger partial charge in [0.1, 0.15) is 5.82 Å². The first-order valence-electron chi connectivity index (χ1n) is 6.54. The van der Waals surface area contributed by atoms with Gasteiger partial charge in [-0.05, 0) is 42.8 Å². The van der Waals surface area contributed by atoms with Crippen LogP contribution in [-0.2, 0) is 0 Å². The molecular weight excluding hydrogens is 287 g/mol. The van der Waals surface area contributed by atoms with E-state index in [4.69, 9.17) is 0 Å². The number of thiophene rings is 1. The van der Waals surface area contributed by atoms with E-state index in [1.807, 2.05) is 25.1 Å². The Kier molecular flexibility index (Phi) is 3.66. The lowest BCUT2D eigenvalue weighted by molar-refractivity contribution is 0.0944. The summed E-state index contributed by atoms with van der Waals surface area (Å²) >= 11 is 1.29. The number of rotatable bonds is 3. The van der Waals surface area contributed by atoms with Crippen molar-refractivity contribution < 1.29 is 9.18 Å². The molecule has 0 aliphatic rings. The van der Waals surface area contributed by atoms with Crippen LogP contribution < -0.4 is 5.32 Å². The summed E-state index contributed by atoms with van der Waals surface area (Å²) in [7, 11) is 0. The van der Waals surface area contributed by atoms with Gasteiger partial charge in [0, 0.05) is 22.5 Å². The minimum Gasteiger partial charge on any atom is -0.345 e. The van der Waals surface area contributed by atoms with Crippen LogP contribution in [0.5, 0.6) is 0 Å². The molecule has 0 saturated heterocycles. The van der Waals surface area contributed by atoms with E-state index >= 15 is 0 Å². The van der Waals surface area contributed by atoms with Gasteiger partial charge in [-0.15, -0.1) is 11.3 Å². The zero-order valence-electron chi connectivity index (χ0n) is 11.3. The largest absolute Gasteiger partial charge is 0.345 e. The topological polar surface area (TPSA) is 42.0 Å². The maximum atomic E-state index is 13.7. The van der Waals surface area contributed by atoms with Crippen molar-refractivity contribution in [1.29, 1.82) is 0 Å². The molecule has 1 amide bonds. The van der Waals surface area contributed by atoms with Crippen molar-refractivity contribution in [3.8, 4) is 0 Å². The number of benzene rings is 1. The number of amides is 1. The van der Waals surface area contributed by atoms with E-state index in [2.05, 4.69) is 10.3 Å². The summed E-state index contributed by atoms with van der Waals surface area (Å²) in [5.41, 5.74) is 0.977. The van der Waals surface area contributed by atoms with Gasteiger partial charge in [-0.25, -0.2) is 4.39 Å². The highest BCUT2D eigenvalue weighted by Crippen LogP contribution is 2.28. The van der Waals surface area contributed by atoms with Crippen LogP contribution in [0.2, 0.25) is 0 Å². The molecule has 0 fully saturated rings. The van der Waals surface area contributed by atoms with Gasteiger partial charge >= 0.3 is 0 Å². The lowest BCUT2D eigenvalue weighted by Gasteiger charge is -2.13. The number of nitrogens with zero attached hydrogens (tertiary/aromatic N) is 1. The standard InChI is InChI=1S/C16H13FN2OS/c1-10(11-5-7-18-8-6-11)19-16(20)15-9-12-13(17)3-2-4-14(12)21-15/h2-10H,1H3,(H,19,20). The number of carbonyl (C=O) groups excluding carboxylic acids is 1. The van der Waals surface area contributed by atoms with E-state index in [0.29, 0.717) is 10.3 Å². The molecule has 0 radical (unpaired) electrons. The minimum absolute atomic E-state index is 0.129. The maximum absolute atomic E-state index is 13.7. The van der Waals surface area contributed by atoms with Crippen LogP contribution in [0.4, 0.5) is 4.39 Å². The molecular formula is C16H13FN2OS. The second-order valence-corrected chi connectivity index (χ2v) is 5.82. The number of hydrogen-bond donors (Lipinski definition) is 1. The first-order valence-corrected chi connectivity index (χ1v) is 7.35. The Labute approximate surface area is 125 Å². The van der Waals surface area contributed by atoms with Crippen LogP contribution >= 0.6 is 11.3 Å². The van der Waals surface area contributed by atoms with Crippen molar-refractivity contribution >= 4 is 27.3 Å². The third kappa shape index (κ3) is 2.78. The Bertz CT molecular complexity index is 785. The molecule has 106 valence electrons. The van der Waals surface area contributed by atoms with E-state index in [0.717, 1.165) is 10.3 Å². The molecule has 0 saturated carbocycles. The van der Waals surface area contributed by atoms with Crippen LogP contribution in [0.3, 0.4) is 0 Å². The van der Waals surface area contributed by atoms with Crippen molar-refractivity contribution in [2.24, 2.45) is 0 Å². The normalized spacial score (nSPS) is 12.3. The zero-order valence-corrected chi connectivity index (χ0v) is 12.2. The van der Waals surface area contributed by atoms with Gasteiger partial charge in [-0.3, -0.25) is 9.78 Å². The molecule has 21 heavy (non-hydrogen) atoms. The number of aromatic nitrogens is 1. The molecule has 3 aromatic rings. The molecule has 1 aromatic carbocycles. The van der Waals surface area contributed by atoms with Gasteiger partial charge in [-0.1, -0.05) is 6.07 Å². The smallest absolute Gasteiger partial charge is 0.261 e. The summed E-state index contributed by atoms with van der Waals surface area (Å²) in [4.78, 5) is 16.7. The molecule has 0 spiro atoms. The first-order chi connectivity index (χ1) is 10.1. The molecule has 0 aliphatic carbocycles. The lowest BCUT2D eigenvalue weighted by atomic mass is 10.1. The molecule has 5 heteroatoms. The van der Waals surface area contributed by atoms with E-state index in [-0.39, 0.29) is 17.8 Å². The molecule has 2 aromatic heterocycles. The van der Waals surface area contributed by atoms with Crippen LogP contribution in [0.25, 0.3) is 10.1 Å². The number of pyridine rings is 1. The lowest BCUT2D eigenvalue weighted by Crippen LogP contribution is -2.25. The quantitative estimate of drug-likeness (QED) is 0.796. The number of halogens is 1. The molecule has 3 nitrogen and oxygen atoms in total. The first kappa shape index (κ1) is 13.7. The molecule has 1 unspecified atom stereocenters. The third-order valence-electron chi connectivity index (χ3n) is 3.29. The van der Waals surface area contributed by atoms with Gasteiger partial charge in [0.2, 0.25) is 0 Å². The summed E-state index contributed by atoms with van der Waals surface area (Å²) in [6, 6.07) is 10.0. The SMILES string of the molecule is CC(NC(=O)c1cc2c(F)cccc2s1)c1ccncc1. The number of hydrogen-bond acceptors (Lipinski definition) is 3. The molecule has 0 aliphatic heterocycles. The highest BCUT2D eigenvalue weighted by atomic mass is 32.1. The Hall–Kier alpha value is -2.27. The van der Waals surface area contributed by atoms with E-state index in [1.54, 1.807) is 24.5 Å². The summed E-state index contributed by atoms with van der Waals surface area (Å²) in [5, 5.41) is 3.40. The molecule has 1 atom stereocenters. The van der Waals surface area contributed by atoms with Gasteiger partial charge in [0.15, 0.2) is 0 Å². The van der Waals surface area contributed by atoms with Gasteiger partial charge in [0.25, 0.3) is 5.91 Å². The van der Waals surface area contributed by atoms with E-state index in [9.17, 15) is 9.18 Å². The second-order valence-electron chi connectivity index (χ2n) is 4.74.